The second-order valence-electron chi connectivity index (χ2n) is 4.39. The highest BCUT2D eigenvalue weighted by Gasteiger charge is 2.35. The molecule has 5 heteroatoms. The summed E-state index contributed by atoms with van der Waals surface area (Å²) in [6, 6.07) is 0. The lowest BCUT2D eigenvalue weighted by molar-refractivity contribution is -0.139. The lowest BCUT2D eigenvalue weighted by atomic mass is 10.0. The molecule has 94 valence electrons. The molecule has 2 fully saturated rings. The van der Waals surface area contributed by atoms with Crippen molar-refractivity contribution < 1.29 is 9.53 Å². The first kappa shape index (κ1) is 13.7. The molecule has 2 unspecified atom stereocenters. The Bertz CT molecular complexity index is 232. The van der Waals surface area contributed by atoms with Crippen molar-refractivity contribution in [2.45, 2.75) is 25.4 Å². The molecular formula is C11H21ClN2O2. The number of ether oxygens (including phenoxy) is 1. The molecule has 0 aromatic carbocycles. The van der Waals surface area contributed by atoms with Crippen LogP contribution in [0.15, 0.2) is 0 Å². The summed E-state index contributed by atoms with van der Waals surface area (Å²) in [5.41, 5.74) is 0. The first-order valence-electron chi connectivity index (χ1n) is 5.85. The standard InChI is InChI=1S/C11H20N2O2.ClH/c1-15-10-4-2-3-9(10)11(14)13-7-5-12-6-8-13;/h9-10,12H,2-8H2,1H3;1H. The van der Waals surface area contributed by atoms with E-state index in [1.165, 1.54) is 0 Å². The van der Waals surface area contributed by atoms with Crippen molar-refractivity contribution in [1.29, 1.82) is 0 Å². The number of amides is 1. The fraction of sp³-hybridized carbons (Fsp3) is 0.909. The fourth-order valence-electron chi connectivity index (χ4n) is 2.61. The Hall–Kier alpha value is -0.320. The smallest absolute Gasteiger partial charge is 0.228 e. The van der Waals surface area contributed by atoms with E-state index in [4.69, 9.17) is 4.74 Å². The molecule has 0 bridgehead atoms. The number of nitrogens with one attached hydrogen (secondary N) is 1. The summed E-state index contributed by atoms with van der Waals surface area (Å²) in [5.74, 6) is 0.425. The number of halogens is 1. The normalized spacial score (nSPS) is 29.9. The number of methoxy groups -OCH3 is 1. The van der Waals surface area contributed by atoms with Crippen LogP contribution in [0.5, 0.6) is 0 Å². The average molecular weight is 249 g/mol. The molecule has 16 heavy (non-hydrogen) atoms. The number of carbonyl (C=O) groups is 1. The molecule has 0 spiro atoms. The predicted molar refractivity (Wildman–Crippen MR) is 64.8 cm³/mol. The van der Waals surface area contributed by atoms with Gasteiger partial charge in [-0.25, -0.2) is 0 Å². The second-order valence-corrected chi connectivity index (χ2v) is 4.39. The molecule has 0 radical (unpaired) electrons. The van der Waals surface area contributed by atoms with Gasteiger partial charge in [0.15, 0.2) is 0 Å². The van der Waals surface area contributed by atoms with Crippen molar-refractivity contribution >= 4 is 18.3 Å². The van der Waals surface area contributed by atoms with Gasteiger partial charge in [0, 0.05) is 33.3 Å². The zero-order valence-corrected chi connectivity index (χ0v) is 10.6. The summed E-state index contributed by atoms with van der Waals surface area (Å²) < 4.78 is 5.37. The maximum absolute atomic E-state index is 12.2. The largest absolute Gasteiger partial charge is 0.381 e. The van der Waals surface area contributed by atoms with E-state index in [0.29, 0.717) is 5.91 Å². The Labute approximate surface area is 103 Å². The monoisotopic (exact) mass is 248 g/mol. The zero-order valence-electron chi connectivity index (χ0n) is 9.78. The van der Waals surface area contributed by atoms with Crippen molar-refractivity contribution in [1.82, 2.24) is 10.2 Å². The third-order valence-corrected chi connectivity index (χ3v) is 3.50. The number of hydrogen-bond donors (Lipinski definition) is 1. The highest BCUT2D eigenvalue weighted by molar-refractivity contribution is 5.85. The molecule has 2 rings (SSSR count). The molecule has 2 aliphatic rings. The SMILES string of the molecule is COC1CCCC1C(=O)N1CCNCC1.Cl. The van der Waals surface area contributed by atoms with Gasteiger partial charge in [-0.15, -0.1) is 12.4 Å². The van der Waals surface area contributed by atoms with Crippen molar-refractivity contribution in [2.24, 2.45) is 5.92 Å². The van der Waals surface area contributed by atoms with E-state index in [-0.39, 0.29) is 24.4 Å². The average Bonchev–Trinajstić information content (AvgIpc) is 2.77. The van der Waals surface area contributed by atoms with Crippen LogP contribution in [0.2, 0.25) is 0 Å². The van der Waals surface area contributed by atoms with E-state index in [0.717, 1.165) is 45.4 Å². The third kappa shape index (κ3) is 2.87. The highest BCUT2D eigenvalue weighted by atomic mass is 35.5. The lowest BCUT2D eigenvalue weighted by Crippen LogP contribution is -2.49. The van der Waals surface area contributed by atoms with Crippen LogP contribution in [0.4, 0.5) is 0 Å². The van der Waals surface area contributed by atoms with Gasteiger partial charge in [0.2, 0.25) is 5.91 Å². The maximum Gasteiger partial charge on any atom is 0.228 e. The van der Waals surface area contributed by atoms with Gasteiger partial charge in [0.1, 0.15) is 0 Å². The van der Waals surface area contributed by atoms with Gasteiger partial charge in [-0.3, -0.25) is 4.79 Å². The summed E-state index contributed by atoms with van der Waals surface area (Å²) in [6.07, 6.45) is 3.33. The van der Waals surface area contributed by atoms with E-state index in [9.17, 15) is 4.79 Å². The summed E-state index contributed by atoms with van der Waals surface area (Å²) in [5, 5.41) is 3.26. The van der Waals surface area contributed by atoms with Crippen LogP contribution in [-0.2, 0) is 9.53 Å². The Balaban J connectivity index is 0.00000128. The van der Waals surface area contributed by atoms with Gasteiger partial charge in [-0.1, -0.05) is 0 Å². The number of hydrogen-bond acceptors (Lipinski definition) is 3. The minimum atomic E-state index is 0. The minimum absolute atomic E-state index is 0. The molecule has 1 amide bonds. The van der Waals surface area contributed by atoms with Crippen LogP contribution in [-0.4, -0.2) is 50.2 Å². The van der Waals surface area contributed by atoms with Crippen LogP contribution >= 0.6 is 12.4 Å². The molecule has 1 N–H and O–H groups in total. The Kier molecular flexibility index (Phi) is 5.52. The van der Waals surface area contributed by atoms with Crippen molar-refractivity contribution in [2.75, 3.05) is 33.3 Å². The second kappa shape index (κ2) is 6.42. The maximum atomic E-state index is 12.2. The van der Waals surface area contributed by atoms with Gasteiger partial charge in [-0.2, -0.15) is 0 Å². The Morgan fingerprint density at radius 3 is 2.62 bits per heavy atom. The third-order valence-electron chi connectivity index (χ3n) is 3.50. The quantitative estimate of drug-likeness (QED) is 0.781. The van der Waals surface area contributed by atoms with Crippen LogP contribution in [0.3, 0.4) is 0 Å². The molecule has 0 aromatic rings. The molecule has 1 saturated heterocycles. The van der Waals surface area contributed by atoms with Gasteiger partial charge in [-0.05, 0) is 19.3 Å². The van der Waals surface area contributed by atoms with E-state index in [1.807, 2.05) is 4.90 Å². The molecule has 1 aliphatic heterocycles. The summed E-state index contributed by atoms with van der Waals surface area (Å²) in [7, 11) is 1.72. The van der Waals surface area contributed by atoms with Gasteiger partial charge in [0.25, 0.3) is 0 Å². The van der Waals surface area contributed by atoms with Gasteiger partial charge < -0.3 is 15.0 Å². The number of rotatable bonds is 2. The summed E-state index contributed by atoms with van der Waals surface area (Å²) in [4.78, 5) is 14.2. The minimum Gasteiger partial charge on any atom is -0.381 e. The lowest BCUT2D eigenvalue weighted by Gasteiger charge is -2.31. The first-order valence-corrected chi connectivity index (χ1v) is 5.85. The van der Waals surface area contributed by atoms with Gasteiger partial charge >= 0.3 is 0 Å². The van der Waals surface area contributed by atoms with Gasteiger partial charge in [0.05, 0.1) is 12.0 Å². The number of nitrogens with zero attached hydrogens (tertiary/aromatic N) is 1. The summed E-state index contributed by atoms with van der Waals surface area (Å²) in [6.45, 7) is 3.56. The molecule has 2 atom stereocenters. The topological polar surface area (TPSA) is 41.6 Å². The predicted octanol–water partition coefficient (Wildman–Crippen LogP) is 0.655. The molecule has 1 heterocycles. The van der Waals surface area contributed by atoms with E-state index >= 15 is 0 Å². The number of piperazine rings is 1. The molecule has 0 aromatic heterocycles. The van der Waals surface area contributed by atoms with Crippen LogP contribution in [0.25, 0.3) is 0 Å². The Morgan fingerprint density at radius 2 is 2.00 bits per heavy atom. The first-order chi connectivity index (χ1) is 7.33. The van der Waals surface area contributed by atoms with Crippen LogP contribution in [0.1, 0.15) is 19.3 Å². The van der Waals surface area contributed by atoms with E-state index in [2.05, 4.69) is 5.32 Å². The molecule has 1 saturated carbocycles. The fourth-order valence-corrected chi connectivity index (χ4v) is 2.61. The molecular weight excluding hydrogens is 228 g/mol. The van der Waals surface area contributed by atoms with E-state index < -0.39 is 0 Å². The van der Waals surface area contributed by atoms with E-state index in [1.54, 1.807) is 7.11 Å². The summed E-state index contributed by atoms with van der Waals surface area (Å²) >= 11 is 0. The van der Waals surface area contributed by atoms with Crippen LogP contribution < -0.4 is 5.32 Å². The zero-order chi connectivity index (χ0) is 10.7. The Morgan fingerprint density at radius 1 is 1.31 bits per heavy atom. The van der Waals surface area contributed by atoms with Crippen molar-refractivity contribution in [3.8, 4) is 0 Å². The molecule has 4 nitrogen and oxygen atoms in total. The highest BCUT2D eigenvalue weighted by Crippen LogP contribution is 2.29. The van der Waals surface area contributed by atoms with Crippen molar-refractivity contribution in [3.63, 3.8) is 0 Å². The number of carbonyl (C=O) groups excluding carboxylic acids is 1. The van der Waals surface area contributed by atoms with Crippen molar-refractivity contribution in [3.05, 3.63) is 0 Å². The van der Waals surface area contributed by atoms with Crippen LogP contribution in [0, 0.1) is 5.92 Å². The molecule has 1 aliphatic carbocycles.